The Hall–Kier alpha value is -3.26. The number of aliphatic hydroxyl groups excluding tert-OH is 1. The van der Waals surface area contributed by atoms with Crippen LogP contribution in [0.15, 0.2) is 48.8 Å². The van der Waals surface area contributed by atoms with Gasteiger partial charge in [-0.05, 0) is 65.7 Å². The third-order valence-corrected chi connectivity index (χ3v) is 4.06. The number of aromatic nitrogens is 4. The number of methoxy groups -OCH3 is 1. The van der Waals surface area contributed by atoms with Crippen molar-refractivity contribution in [2.75, 3.05) is 13.7 Å². The van der Waals surface area contributed by atoms with E-state index in [2.05, 4.69) is 20.8 Å². The monoisotopic (exact) mass is 367 g/mol. The lowest BCUT2D eigenvalue weighted by Gasteiger charge is -2.23. The van der Waals surface area contributed by atoms with Crippen molar-refractivity contribution in [3.05, 3.63) is 54.4 Å². The molecular weight excluding hydrogens is 346 g/mol. The molecule has 0 aliphatic carbocycles. The number of carbonyl (C=O) groups is 1. The Balaban J connectivity index is 2.05. The number of nitrogens with zero attached hydrogens (tertiary/aromatic N) is 4. The number of hydrogen-bond donors (Lipinski definition) is 2. The highest BCUT2D eigenvalue weighted by Crippen LogP contribution is 2.26. The maximum atomic E-state index is 12.7. The molecule has 0 spiro atoms. The zero-order chi connectivity index (χ0) is 19.4. The molecule has 0 bridgehead atoms. The van der Waals surface area contributed by atoms with Crippen molar-refractivity contribution >= 4 is 5.91 Å². The number of aliphatic hydroxyl groups is 1. The molecule has 3 aromatic rings. The van der Waals surface area contributed by atoms with E-state index in [-0.39, 0.29) is 12.5 Å². The molecule has 0 aliphatic rings. The average molecular weight is 367 g/mol. The Morgan fingerprint density at radius 1 is 1.19 bits per heavy atom. The van der Waals surface area contributed by atoms with Gasteiger partial charge in [-0.25, -0.2) is 4.68 Å². The molecule has 140 valence electrons. The summed E-state index contributed by atoms with van der Waals surface area (Å²) in [6, 6.07) is 12.9. The van der Waals surface area contributed by atoms with E-state index in [4.69, 9.17) is 4.74 Å². The van der Waals surface area contributed by atoms with Crippen LogP contribution in [0.3, 0.4) is 0 Å². The lowest BCUT2D eigenvalue weighted by Crippen LogP contribution is -2.46. The normalized spacial score (nSPS) is 11.3. The van der Waals surface area contributed by atoms with Crippen LogP contribution in [0.1, 0.15) is 24.2 Å². The molecule has 1 aromatic heterocycles. The van der Waals surface area contributed by atoms with Gasteiger partial charge in [0.15, 0.2) is 0 Å². The Morgan fingerprint density at radius 2 is 1.93 bits per heavy atom. The molecule has 8 nitrogen and oxygen atoms in total. The first-order valence-electron chi connectivity index (χ1n) is 8.38. The summed E-state index contributed by atoms with van der Waals surface area (Å²) >= 11 is 0. The second-order valence-electron chi connectivity index (χ2n) is 6.75. The van der Waals surface area contributed by atoms with Gasteiger partial charge in [-0.15, -0.1) is 5.10 Å². The van der Waals surface area contributed by atoms with Crippen LogP contribution in [-0.2, 0) is 0 Å². The van der Waals surface area contributed by atoms with Crippen LogP contribution < -0.4 is 10.1 Å². The SMILES string of the molecule is COc1ccc(-c2cc(C(=O)NC(C)(C)CO)cc(-n3cnnn3)c2)cc1. The van der Waals surface area contributed by atoms with E-state index >= 15 is 0 Å². The molecule has 27 heavy (non-hydrogen) atoms. The number of rotatable bonds is 6. The third kappa shape index (κ3) is 4.29. The molecular formula is C19H21N5O3. The molecule has 1 heterocycles. The predicted molar refractivity (Wildman–Crippen MR) is 99.8 cm³/mol. The zero-order valence-electron chi connectivity index (χ0n) is 15.4. The molecule has 2 N–H and O–H groups in total. The lowest BCUT2D eigenvalue weighted by atomic mass is 10.0. The van der Waals surface area contributed by atoms with E-state index in [0.29, 0.717) is 11.3 Å². The van der Waals surface area contributed by atoms with Crippen LogP contribution in [0.2, 0.25) is 0 Å². The largest absolute Gasteiger partial charge is 0.497 e. The van der Waals surface area contributed by atoms with E-state index in [0.717, 1.165) is 16.9 Å². The highest BCUT2D eigenvalue weighted by Gasteiger charge is 2.21. The Morgan fingerprint density at radius 3 is 2.52 bits per heavy atom. The minimum atomic E-state index is -0.734. The standard InChI is InChI=1S/C19H21N5O3/c1-19(2,11-25)21-18(26)15-8-14(13-4-6-17(27-3)7-5-13)9-16(10-15)24-12-20-22-23-24/h4-10,12,25H,11H2,1-3H3,(H,21,26). The second kappa shape index (κ2) is 7.55. The molecule has 0 atom stereocenters. The van der Waals surface area contributed by atoms with Crippen molar-refractivity contribution in [1.29, 1.82) is 0 Å². The van der Waals surface area contributed by atoms with Gasteiger partial charge >= 0.3 is 0 Å². The summed E-state index contributed by atoms with van der Waals surface area (Å²) in [7, 11) is 1.61. The van der Waals surface area contributed by atoms with Crippen molar-refractivity contribution in [3.8, 4) is 22.6 Å². The van der Waals surface area contributed by atoms with E-state index in [1.807, 2.05) is 30.3 Å². The van der Waals surface area contributed by atoms with Crippen LogP contribution in [0.4, 0.5) is 0 Å². The maximum Gasteiger partial charge on any atom is 0.251 e. The summed E-state index contributed by atoms with van der Waals surface area (Å²) in [6.07, 6.45) is 1.46. The van der Waals surface area contributed by atoms with Crippen molar-refractivity contribution in [3.63, 3.8) is 0 Å². The summed E-state index contributed by atoms with van der Waals surface area (Å²) in [4.78, 5) is 12.7. The fourth-order valence-corrected chi connectivity index (χ4v) is 2.52. The average Bonchev–Trinajstić information content (AvgIpc) is 3.22. The molecule has 0 radical (unpaired) electrons. The fraction of sp³-hybridized carbons (Fsp3) is 0.263. The fourth-order valence-electron chi connectivity index (χ4n) is 2.52. The first-order chi connectivity index (χ1) is 12.9. The smallest absolute Gasteiger partial charge is 0.251 e. The molecule has 0 fully saturated rings. The minimum Gasteiger partial charge on any atom is -0.497 e. The van der Waals surface area contributed by atoms with Crippen LogP contribution in [-0.4, -0.2) is 50.5 Å². The Bertz CT molecular complexity index is 921. The number of amides is 1. The highest BCUT2D eigenvalue weighted by atomic mass is 16.5. The number of nitrogens with one attached hydrogen (secondary N) is 1. The van der Waals surface area contributed by atoms with Crippen LogP contribution in [0.5, 0.6) is 5.75 Å². The van der Waals surface area contributed by atoms with E-state index in [1.54, 1.807) is 33.1 Å². The van der Waals surface area contributed by atoms with Crippen LogP contribution in [0.25, 0.3) is 16.8 Å². The van der Waals surface area contributed by atoms with Crippen LogP contribution >= 0.6 is 0 Å². The van der Waals surface area contributed by atoms with Gasteiger partial charge in [-0.1, -0.05) is 12.1 Å². The van der Waals surface area contributed by atoms with Gasteiger partial charge in [0.05, 0.1) is 24.9 Å². The number of benzene rings is 2. The molecule has 2 aromatic carbocycles. The van der Waals surface area contributed by atoms with Crippen molar-refractivity contribution in [2.24, 2.45) is 0 Å². The van der Waals surface area contributed by atoms with Gasteiger partial charge < -0.3 is 15.2 Å². The van der Waals surface area contributed by atoms with E-state index < -0.39 is 5.54 Å². The number of tetrazole rings is 1. The molecule has 3 rings (SSSR count). The first kappa shape index (κ1) is 18.5. The number of hydrogen-bond acceptors (Lipinski definition) is 6. The quantitative estimate of drug-likeness (QED) is 0.689. The zero-order valence-corrected chi connectivity index (χ0v) is 15.4. The molecule has 0 aliphatic heterocycles. The third-order valence-electron chi connectivity index (χ3n) is 4.06. The minimum absolute atomic E-state index is 0.170. The predicted octanol–water partition coefficient (Wildman–Crippen LogP) is 1.84. The van der Waals surface area contributed by atoms with E-state index in [9.17, 15) is 9.90 Å². The highest BCUT2D eigenvalue weighted by molar-refractivity contribution is 5.96. The van der Waals surface area contributed by atoms with Crippen molar-refractivity contribution in [1.82, 2.24) is 25.5 Å². The van der Waals surface area contributed by atoms with E-state index in [1.165, 1.54) is 11.0 Å². The first-order valence-corrected chi connectivity index (χ1v) is 8.38. The van der Waals surface area contributed by atoms with Gasteiger partial charge in [0.1, 0.15) is 12.1 Å². The molecule has 1 amide bonds. The Labute approximate surface area is 156 Å². The molecule has 0 unspecified atom stereocenters. The summed E-state index contributed by atoms with van der Waals surface area (Å²) in [5, 5.41) is 23.5. The maximum absolute atomic E-state index is 12.7. The van der Waals surface area contributed by atoms with Crippen molar-refractivity contribution in [2.45, 2.75) is 19.4 Å². The summed E-state index contributed by atoms with van der Waals surface area (Å²) in [5.74, 6) is 0.455. The Kier molecular flexibility index (Phi) is 5.18. The van der Waals surface area contributed by atoms with Crippen molar-refractivity contribution < 1.29 is 14.6 Å². The summed E-state index contributed by atoms with van der Waals surface area (Å²) in [5.41, 5.74) is 2.11. The molecule has 0 saturated carbocycles. The van der Waals surface area contributed by atoms with Gasteiger partial charge in [0, 0.05) is 5.56 Å². The summed E-state index contributed by atoms with van der Waals surface area (Å²) < 4.78 is 6.69. The topological polar surface area (TPSA) is 102 Å². The van der Waals surface area contributed by atoms with Gasteiger partial charge in [0.25, 0.3) is 5.91 Å². The molecule has 0 saturated heterocycles. The van der Waals surface area contributed by atoms with Gasteiger partial charge in [-0.2, -0.15) is 0 Å². The lowest BCUT2D eigenvalue weighted by molar-refractivity contribution is 0.0869. The summed E-state index contributed by atoms with van der Waals surface area (Å²) in [6.45, 7) is 3.33. The second-order valence-corrected chi connectivity index (χ2v) is 6.75. The molecule has 8 heteroatoms. The number of carbonyl (C=O) groups excluding carboxylic acids is 1. The van der Waals surface area contributed by atoms with Gasteiger partial charge in [0.2, 0.25) is 0 Å². The van der Waals surface area contributed by atoms with Crippen LogP contribution in [0, 0.1) is 0 Å². The number of ether oxygens (including phenoxy) is 1. The van der Waals surface area contributed by atoms with Gasteiger partial charge in [-0.3, -0.25) is 4.79 Å².